The molecule has 170 valence electrons. The van der Waals surface area contributed by atoms with Crippen LogP contribution in [0.1, 0.15) is 26.3 Å². The lowest BCUT2D eigenvalue weighted by Crippen LogP contribution is -2.19. The second kappa shape index (κ2) is 8.98. The fraction of sp³-hybridized carbons (Fsp3) is 0.259. The molecular weight excluding hydrogens is 414 g/mol. The summed E-state index contributed by atoms with van der Waals surface area (Å²) in [6.07, 6.45) is 0. The van der Waals surface area contributed by atoms with Crippen LogP contribution in [0.2, 0.25) is 0 Å². The summed E-state index contributed by atoms with van der Waals surface area (Å²) in [5.74, 6) is 1.78. The maximum Gasteiger partial charge on any atom is 0.244 e. The van der Waals surface area contributed by atoms with Crippen LogP contribution in [0.3, 0.4) is 0 Å². The van der Waals surface area contributed by atoms with E-state index in [1.807, 2.05) is 28.8 Å². The van der Waals surface area contributed by atoms with Gasteiger partial charge in [0.2, 0.25) is 5.91 Å². The number of anilines is 1. The Morgan fingerprint density at radius 1 is 0.970 bits per heavy atom. The SMILES string of the molecule is COc1ccc(NC(=O)Cn2c(-c3ccc(C(C)(C)C)cc3)nc3ccccc32)c(OC)c1. The molecule has 4 aromatic rings. The van der Waals surface area contributed by atoms with Gasteiger partial charge in [0.05, 0.1) is 30.9 Å². The zero-order valence-corrected chi connectivity index (χ0v) is 19.7. The van der Waals surface area contributed by atoms with E-state index < -0.39 is 0 Å². The number of ether oxygens (including phenoxy) is 2. The van der Waals surface area contributed by atoms with Gasteiger partial charge in [0, 0.05) is 11.6 Å². The van der Waals surface area contributed by atoms with Crippen molar-refractivity contribution in [2.75, 3.05) is 19.5 Å². The molecule has 6 heteroatoms. The first kappa shape index (κ1) is 22.4. The highest BCUT2D eigenvalue weighted by atomic mass is 16.5. The first-order valence-corrected chi connectivity index (χ1v) is 10.9. The van der Waals surface area contributed by atoms with Crippen LogP contribution in [0.15, 0.2) is 66.7 Å². The van der Waals surface area contributed by atoms with E-state index >= 15 is 0 Å². The molecule has 0 aliphatic heterocycles. The van der Waals surface area contributed by atoms with Crippen molar-refractivity contribution in [1.29, 1.82) is 0 Å². The van der Waals surface area contributed by atoms with Gasteiger partial charge in [-0.15, -0.1) is 0 Å². The Morgan fingerprint density at radius 3 is 2.36 bits per heavy atom. The average Bonchev–Trinajstić information content (AvgIpc) is 3.17. The summed E-state index contributed by atoms with van der Waals surface area (Å²) in [5.41, 5.74) is 4.62. The smallest absolute Gasteiger partial charge is 0.244 e. The number of carbonyl (C=O) groups excluding carboxylic acids is 1. The van der Waals surface area contributed by atoms with Gasteiger partial charge in [0.15, 0.2) is 0 Å². The standard InChI is InChI=1S/C27H29N3O3/c1-27(2,3)19-12-10-18(11-13-19)26-29-21-8-6-7-9-23(21)30(26)17-25(31)28-22-15-14-20(32-4)16-24(22)33-5/h6-16H,17H2,1-5H3,(H,28,31). The molecule has 0 bridgehead atoms. The highest BCUT2D eigenvalue weighted by Crippen LogP contribution is 2.30. The third-order valence-corrected chi connectivity index (χ3v) is 5.65. The highest BCUT2D eigenvalue weighted by Gasteiger charge is 2.18. The maximum atomic E-state index is 13.1. The second-order valence-electron chi connectivity index (χ2n) is 8.95. The number of nitrogens with zero attached hydrogens (tertiary/aromatic N) is 2. The van der Waals surface area contributed by atoms with Gasteiger partial charge in [-0.05, 0) is 35.2 Å². The number of hydrogen-bond donors (Lipinski definition) is 1. The van der Waals surface area contributed by atoms with Gasteiger partial charge in [-0.2, -0.15) is 0 Å². The Labute approximate surface area is 194 Å². The zero-order chi connectivity index (χ0) is 23.6. The largest absolute Gasteiger partial charge is 0.497 e. The quantitative estimate of drug-likeness (QED) is 0.418. The van der Waals surface area contributed by atoms with Gasteiger partial charge < -0.3 is 19.4 Å². The number of benzene rings is 3. The second-order valence-corrected chi connectivity index (χ2v) is 8.95. The number of para-hydroxylation sites is 2. The molecule has 3 aromatic carbocycles. The van der Waals surface area contributed by atoms with E-state index in [0.717, 1.165) is 22.4 Å². The molecule has 1 N–H and O–H groups in total. The number of aromatic nitrogens is 2. The van der Waals surface area contributed by atoms with Gasteiger partial charge in [-0.3, -0.25) is 4.79 Å². The summed E-state index contributed by atoms with van der Waals surface area (Å²) in [7, 11) is 3.15. The molecular formula is C27H29N3O3. The van der Waals surface area contributed by atoms with Gasteiger partial charge in [-0.25, -0.2) is 4.98 Å². The van der Waals surface area contributed by atoms with E-state index in [4.69, 9.17) is 14.5 Å². The summed E-state index contributed by atoms with van der Waals surface area (Å²) >= 11 is 0. The summed E-state index contributed by atoms with van der Waals surface area (Å²) in [6.45, 7) is 6.69. The lowest BCUT2D eigenvalue weighted by molar-refractivity contribution is -0.116. The summed E-state index contributed by atoms with van der Waals surface area (Å²) in [5, 5.41) is 2.96. The number of amides is 1. The van der Waals surface area contributed by atoms with E-state index in [1.165, 1.54) is 5.56 Å². The third-order valence-electron chi connectivity index (χ3n) is 5.65. The van der Waals surface area contributed by atoms with Crippen LogP contribution in [-0.4, -0.2) is 29.7 Å². The normalized spacial score (nSPS) is 11.4. The molecule has 0 atom stereocenters. The molecule has 1 aromatic heterocycles. The summed E-state index contributed by atoms with van der Waals surface area (Å²) in [4.78, 5) is 17.9. The number of carbonyl (C=O) groups is 1. The van der Waals surface area contributed by atoms with Crippen LogP contribution in [0.4, 0.5) is 5.69 Å². The van der Waals surface area contributed by atoms with E-state index in [-0.39, 0.29) is 17.9 Å². The molecule has 1 heterocycles. The molecule has 0 saturated carbocycles. The fourth-order valence-electron chi connectivity index (χ4n) is 3.81. The van der Waals surface area contributed by atoms with E-state index in [0.29, 0.717) is 17.2 Å². The van der Waals surface area contributed by atoms with Gasteiger partial charge in [0.1, 0.15) is 23.9 Å². The number of nitrogens with one attached hydrogen (secondary N) is 1. The zero-order valence-electron chi connectivity index (χ0n) is 19.7. The molecule has 6 nitrogen and oxygen atoms in total. The van der Waals surface area contributed by atoms with Crippen LogP contribution >= 0.6 is 0 Å². The predicted octanol–water partition coefficient (Wildman–Crippen LogP) is 5.66. The van der Waals surface area contributed by atoms with Crippen molar-refractivity contribution in [2.24, 2.45) is 0 Å². The predicted molar refractivity (Wildman–Crippen MR) is 132 cm³/mol. The molecule has 0 fully saturated rings. The number of rotatable bonds is 6. The highest BCUT2D eigenvalue weighted by molar-refractivity contribution is 5.94. The van der Waals surface area contributed by atoms with Gasteiger partial charge in [0.25, 0.3) is 0 Å². The van der Waals surface area contributed by atoms with Crippen molar-refractivity contribution in [3.05, 3.63) is 72.3 Å². The summed E-state index contributed by atoms with van der Waals surface area (Å²) < 4.78 is 12.6. The van der Waals surface area contributed by atoms with Crippen LogP contribution < -0.4 is 14.8 Å². The van der Waals surface area contributed by atoms with E-state index in [9.17, 15) is 4.79 Å². The van der Waals surface area contributed by atoms with Crippen molar-refractivity contribution in [3.8, 4) is 22.9 Å². The van der Waals surface area contributed by atoms with Crippen LogP contribution in [0.25, 0.3) is 22.4 Å². The monoisotopic (exact) mass is 443 g/mol. The number of methoxy groups -OCH3 is 2. The Balaban J connectivity index is 1.67. The Kier molecular flexibility index (Phi) is 6.09. The molecule has 0 aliphatic carbocycles. The first-order chi connectivity index (χ1) is 15.8. The van der Waals surface area contributed by atoms with Crippen LogP contribution in [0, 0.1) is 0 Å². The minimum Gasteiger partial charge on any atom is -0.497 e. The first-order valence-electron chi connectivity index (χ1n) is 10.9. The topological polar surface area (TPSA) is 65.4 Å². The molecule has 0 spiro atoms. The maximum absolute atomic E-state index is 13.1. The Hall–Kier alpha value is -3.80. The molecule has 0 unspecified atom stereocenters. The fourth-order valence-corrected chi connectivity index (χ4v) is 3.81. The average molecular weight is 444 g/mol. The molecule has 33 heavy (non-hydrogen) atoms. The summed E-state index contributed by atoms with van der Waals surface area (Å²) in [6, 6.07) is 21.5. The van der Waals surface area contributed by atoms with Crippen molar-refractivity contribution in [2.45, 2.75) is 32.7 Å². The number of hydrogen-bond acceptors (Lipinski definition) is 4. The minimum absolute atomic E-state index is 0.0654. The van der Waals surface area contributed by atoms with E-state index in [2.05, 4.69) is 50.4 Å². The number of imidazole rings is 1. The lowest BCUT2D eigenvalue weighted by atomic mass is 9.87. The molecule has 0 radical (unpaired) electrons. The Bertz CT molecular complexity index is 1280. The van der Waals surface area contributed by atoms with Crippen LogP contribution in [-0.2, 0) is 16.8 Å². The van der Waals surface area contributed by atoms with Gasteiger partial charge >= 0.3 is 0 Å². The third kappa shape index (κ3) is 4.70. The van der Waals surface area contributed by atoms with Gasteiger partial charge in [-0.1, -0.05) is 57.2 Å². The van der Waals surface area contributed by atoms with Crippen molar-refractivity contribution in [3.63, 3.8) is 0 Å². The van der Waals surface area contributed by atoms with Crippen molar-refractivity contribution in [1.82, 2.24) is 9.55 Å². The lowest BCUT2D eigenvalue weighted by Gasteiger charge is -2.19. The number of fused-ring (bicyclic) bond motifs is 1. The van der Waals surface area contributed by atoms with Crippen molar-refractivity contribution < 1.29 is 14.3 Å². The molecule has 4 rings (SSSR count). The molecule has 1 amide bonds. The molecule has 0 saturated heterocycles. The minimum atomic E-state index is -0.172. The van der Waals surface area contributed by atoms with E-state index in [1.54, 1.807) is 32.4 Å². The van der Waals surface area contributed by atoms with Crippen molar-refractivity contribution >= 4 is 22.6 Å². The Morgan fingerprint density at radius 2 is 1.70 bits per heavy atom. The van der Waals surface area contributed by atoms with Crippen LogP contribution in [0.5, 0.6) is 11.5 Å². The molecule has 0 aliphatic rings.